The van der Waals surface area contributed by atoms with Gasteiger partial charge in [0.2, 0.25) is 0 Å². The molecule has 4 nitrogen and oxygen atoms in total. The van der Waals surface area contributed by atoms with E-state index in [0.717, 1.165) is 10.6 Å². The number of benzene rings is 2. The van der Waals surface area contributed by atoms with E-state index in [9.17, 15) is 14.0 Å². The first-order chi connectivity index (χ1) is 11.1. The van der Waals surface area contributed by atoms with E-state index in [-0.39, 0.29) is 0 Å². The summed E-state index contributed by atoms with van der Waals surface area (Å²) in [5.74, 6) is -0.713. The standard InChI is InChI=1S/C17H16FNO3S/c1-2-23-15-9-4-3-8-14(15)17(21)22-11-16(20)19-13-7-5-6-12(18)10-13/h3-10H,2,11H2,1H3,(H,19,20). The zero-order chi connectivity index (χ0) is 16.7. The van der Waals surface area contributed by atoms with E-state index >= 15 is 0 Å². The van der Waals surface area contributed by atoms with Gasteiger partial charge in [-0.2, -0.15) is 0 Å². The van der Waals surface area contributed by atoms with E-state index in [1.54, 1.807) is 18.2 Å². The van der Waals surface area contributed by atoms with Crippen molar-refractivity contribution in [1.29, 1.82) is 0 Å². The van der Waals surface area contributed by atoms with Crippen molar-refractivity contribution in [1.82, 2.24) is 0 Å². The number of amides is 1. The highest BCUT2D eigenvalue weighted by molar-refractivity contribution is 7.99. The highest BCUT2D eigenvalue weighted by Gasteiger charge is 2.14. The molecule has 0 radical (unpaired) electrons. The van der Waals surface area contributed by atoms with Crippen LogP contribution in [0.25, 0.3) is 0 Å². The van der Waals surface area contributed by atoms with Crippen molar-refractivity contribution in [2.45, 2.75) is 11.8 Å². The first-order valence-corrected chi connectivity index (χ1v) is 8.03. The van der Waals surface area contributed by atoms with Crippen LogP contribution in [0.15, 0.2) is 53.4 Å². The SMILES string of the molecule is CCSc1ccccc1C(=O)OCC(=O)Nc1cccc(F)c1. The molecule has 0 heterocycles. The molecule has 0 spiro atoms. The number of ether oxygens (including phenoxy) is 1. The van der Waals surface area contributed by atoms with Gasteiger partial charge >= 0.3 is 5.97 Å². The quantitative estimate of drug-likeness (QED) is 0.646. The molecule has 0 bridgehead atoms. The molecule has 0 atom stereocenters. The number of anilines is 1. The molecule has 0 aliphatic rings. The Balaban J connectivity index is 1.92. The van der Waals surface area contributed by atoms with Crippen LogP contribution in [0, 0.1) is 5.82 Å². The van der Waals surface area contributed by atoms with Crippen LogP contribution in [0.3, 0.4) is 0 Å². The Morgan fingerprint density at radius 2 is 1.96 bits per heavy atom. The number of hydrogen-bond acceptors (Lipinski definition) is 4. The number of carbonyl (C=O) groups excluding carboxylic acids is 2. The van der Waals surface area contributed by atoms with Gasteiger partial charge in [0.05, 0.1) is 5.56 Å². The Kier molecular flexibility index (Phi) is 6.17. The third-order valence-electron chi connectivity index (χ3n) is 2.85. The van der Waals surface area contributed by atoms with Gasteiger partial charge in [0, 0.05) is 10.6 Å². The number of thioether (sulfide) groups is 1. The summed E-state index contributed by atoms with van der Waals surface area (Å²) < 4.78 is 18.1. The summed E-state index contributed by atoms with van der Waals surface area (Å²) in [6, 6.07) is 12.6. The molecule has 0 fully saturated rings. The van der Waals surface area contributed by atoms with Crippen molar-refractivity contribution in [2.24, 2.45) is 0 Å². The number of hydrogen-bond donors (Lipinski definition) is 1. The van der Waals surface area contributed by atoms with Crippen molar-refractivity contribution >= 4 is 29.3 Å². The molecule has 0 saturated heterocycles. The second kappa shape index (κ2) is 8.33. The molecule has 2 rings (SSSR count). The number of rotatable bonds is 6. The van der Waals surface area contributed by atoms with Crippen LogP contribution in [-0.2, 0) is 9.53 Å². The van der Waals surface area contributed by atoms with Crippen LogP contribution in [0.2, 0.25) is 0 Å². The summed E-state index contributed by atoms with van der Waals surface area (Å²) >= 11 is 1.53. The minimum atomic E-state index is -0.559. The van der Waals surface area contributed by atoms with Crippen LogP contribution in [-0.4, -0.2) is 24.2 Å². The van der Waals surface area contributed by atoms with Gasteiger partial charge in [-0.25, -0.2) is 9.18 Å². The van der Waals surface area contributed by atoms with Gasteiger partial charge in [-0.05, 0) is 36.1 Å². The van der Waals surface area contributed by atoms with E-state index < -0.39 is 24.3 Å². The summed E-state index contributed by atoms with van der Waals surface area (Å²) in [7, 11) is 0. The van der Waals surface area contributed by atoms with Crippen LogP contribution >= 0.6 is 11.8 Å². The van der Waals surface area contributed by atoms with Gasteiger partial charge in [0.25, 0.3) is 5.91 Å². The average Bonchev–Trinajstić information content (AvgIpc) is 2.53. The lowest BCUT2D eigenvalue weighted by Crippen LogP contribution is -2.21. The van der Waals surface area contributed by atoms with Gasteiger partial charge in [-0.3, -0.25) is 4.79 Å². The molecule has 0 unspecified atom stereocenters. The summed E-state index contributed by atoms with van der Waals surface area (Å²) in [5, 5.41) is 2.47. The fourth-order valence-electron chi connectivity index (χ4n) is 1.89. The minimum absolute atomic E-state index is 0.313. The third kappa shape index (κ3) is 5.10. The predicted molar refractivity (Wildman–Crippen MR) is 88.2 cm³/mol. The minimum Gasteiger partial charge on any atom is -0.452 e. The normalized spacial score (nSPS) is 10.2. The van der Waals surface area contributed by atoms with Gasteiger partial charge in [-0.15, -0.1) is 11.8 Å². The van der Waals surface area contributed by atoms with E-state index in [4.69, 9.17) is 4.74 Å². The Morgan fingerprint density at radius 1 is 1.17 bits per heavy atom. The summed E-state index contributed by atoms with van der Waals surface area (Å²) in [6.07, 6.45) is 0. The molecule has 23 heavy (non-hydrogen) atoms. The maximum atomic E-state index is 13.0. The van der Waals surface area contributed by atoms with Crippen molar-refractivity contribution in [3.63, 3.8) is 0 Å². The fourth-order valence-corrected chi connectivity index (χ4v) is 2.68. The van der Waals surface area contributed by atoms with Gasteiger partial charge in [-0.1, -0.05) is 25.1 Å². The molecule has 0 aliphatic heterocycles. The molecule has 2 aromatic carbocycles. The summed E-state index contributed by atoms with van der Waals surface area (Å²) in [4.78, 5) is 24.6. The molecule has 0 aromatic heterocycles. The Hall–Kier alpha value is -2.34. The third-order valence-corrected chi connectivity index (χ3v) is 3.81. The van der Waals surface area contributed by atoms with Crippen molar-refractivity contribution in [3.05, 3.63) is 59.9 Å². The van der Waals surface area contributed by atoms with E-state index in [1.807, 2.05) is 19.1 Å². The molecule has 6 heteroatoms. The maximum absolute atomic E-state index is 13.0. The van der Waals surface area contributed by atoms with Crippen LogP contribution < -0.4 is 5.32 Å². The highest BCUT2D eigenvalue weighted by Crippen LogP contribution is 2.22. The zero-order valence-electron chi connectivity index (χ0n) is 12.5. The van der Waals surface area contributed by atoms with E-state index in [1.165, 1.54) is 30.0 Å². The van der Waals surface area contributed by atoms with Crippen LogP contribution in [0.1, 0.15) is 17.3 Å². The molecule has 1 N–H and O–H groups in total. The van der Waals surface area contributed by atoms with Gasteiger partial charge in [0.1, 0.15) is 5.82 Å². The van der Waals surface area contributed by atoms with Crippen molar-refractivity contribution in [3.8, 4) is 0 Å². The lowest BCUT2D eigenvalue weighted by Gasteiger charge is -2.09. The van der Waals surface area contributed by atoms with E-state index in [2.05, 4.69) is 5.32 Å². The fraction of sp³-hybridized carbons (Fsp3) is 0.176. The average molecular weight is 333 g/mol. The molecule has 120 valence electrons. The number of esters is 1. The Bertz CT molecular complexity index is 706. The molecule has 1 amide bonds. The molecule has 0 saturated carbocycles. The number of nitrogens with one attached hydrogen (secondary N) is 1. The second-order valence-electron chi connectivity index (χ2n) is 4.56. The van der Waals surface area contributed by atoms with Crippen LogP contribution in [0.4, 0.5) is 10.1 Å². The Morgan fingerprint density at radius 3 is 2.70 bits per heavy atom. The molecular weight excluding hydrogens is 317 g/mol. The second-order valence-corrected chi connectivity index (χ2v) is 5.87. The van der Waals surface area contributed by atoms with E-state index in [0.29, 0.717) is 11.3 Å². The Labute approximate surface area is 138 Å². The smallest absolute Gasteiger partial charge is 0.339 e. The topological polar surface area (TPSA) is 55.4 Å². The predicted octanol–water partition coefficient (Wildman–Crippen LogP) is 3.73. The monoisotopic (exact) mass is 333 g/mol. The van der Waals surface area contributed by atoms with Gasteiger partial charge in [0.15, 0.2) is 6.61 Å². The molecule has 2 aromatic rings. The van der Waals surface area contributed by atoms with Gasteiger partial charge < -0.3 is 10.1 Å². The first-order valence-electron chi connectivity index (χ1n) is 7.04. The number of carbonyl (C=O) groups is 2. The van der Waals surface area contributed by atoms with Crippen LogP contribution in [0.5, 0.6) is 0 Å². The zero-order valence-corrected chi connectivity index (χ0v) is 13.4. The molecule has 0 aliphatic carbocycles. The first kappa shape index (κ1) is 17.0. The largest absolute Gasteiger partial charge is 0.452 e. The number of halogens is 1. The van der Waals surface area contributed by atoms with Crippen molar-refractivity contribution < 1.29 is 18.7 Å². The maximum Gasteiger partial charge on any atom is 0.339 e. The van der Waals surface area contributed by atoms with Crippen molar-refractivity contribution in [2.75, 3.05) is 17.7 Å². The lowest BCUT2D eigenvalue weighted by molar-refractivity contribution is -0.119. The lowest BCUT2D eigenvalue weighted by atomic mass is 10.2. The summed E-state index contributed by atoms with van der Waals surface area (Å²) in [5.41, 5.74) is 0.742. The summed E-state index contributed by atoms with van der Waals surface area (Å²) in [6.45, 7) is 1.56. The highest BCUT2D eigenvalue weighted by atomic mass is 32.2. The molecular formula is C17H16FNO3S.